The fourth-order valence-corrected chi connectivity index (χ4v) is 4.23. The number of para-hydroxylation sites is 1. The first-order chi connectivity index (χ1) is 13.1. The fraction of sp³-hybridized carbons (Fsp3) is 0.667. The molecule has 2 aliphatic rings. The summed E-state index contributed by atoms with van der Waals surface area (Å²) in [6.07, 6.45) is 5.69. The molecule has 1 unspecified atom stereocenters. The molecule has 2 fully saturated rings. The molecule has 150 valence electrons. The number of benzene rings is 1. The molecule has 1 N–H and O–H groups in total. The van der Waals surface area contributed by atoms with E-state index in [2.05, 4.69) is 9.80 Å². The lowest BCUT2D eigenvalue weighted by molar-refractivity contribution is -0.144. The van der Waals surface area contributed by atoms with Gasteiger partial charge in [0.05, 0.1) is 7.11 Å². The summed E-state index contributed by atoms with van der Waals surface area (Å²) in [6, 6.07) is 6.54. The Hall–Kier alpha value is -1.79. The summed E-state index contributed by atoms with van der Waals surface area (Å²) in [6.45, 7) is 6.66. The molecule has 1 saturated carbocycles. The van der Waals surface area contributed by atoms with E-state index < -0.39 is 12.1 Å². The summed E-state index contributed by atoms with van der Waals surface area (Å²) in [5.74, 6) is 0.156. The van der Waals surface area contributed by atoms with Gasteiger partial charge in [0.2, 0.25) is 0 Å². The quantitative estimate of drug-likeness (QED) is 0.789. The molecule has 0 radical (unpaired) electrons. The number of methoxy groups -OCH3 is 1. The lowest BCUT2D eigenvalue weighted by Gasteiger charge is -2.27. The van der Waals surface area contributed by atoms with Crippen LogP contribution in [0.5, 0.6) is 11.5 Å². The molecule has 1 aromatic rings. The lowest BCUT2D eigenvalue weighted by Crippen LogP contribution is -2.36. The Morgan fingerprint density at radius 1 is 1.19 bits per heavy atom. The predicted octanol–water partition coefficient (Wildman–Crippen LogP) is 3.00. The first-order valence-corrected chi connectivity index (χ1v) is 10.1. The van der Waals surface area contributed by atoms with Crippen LogP contribution in [0.1, 0.15) is 44.6 Å². The monoisotopic (exact) mass is 376 g/mol. The minimum atomic E-state index is -0.978. The summed E-state index contributed by atoms with van der Waals surface area (Å²) in [7, 11) is 1.59. The molecule has 0 bridgehead atoms. The van der Waals surface area contributed by atoms with Gasteiger partial charge in [-0.3, -0.25) is 9.80 Å². The van der Waals surface area contributed by atoms with Crippen LogP contribution in [0.4, 0.5) is 0 Å². The number of carboxylic acid groups (broad SMARTS) is 1. The number of rotatable bonds is 7. The molecule has 1 saturated heterocycles. The molecule has 1 aliphatic carbocycles. The molecule has 1 atom stereocenters. The first kappa shape index (κ1) is 20.0. The minimum Gasteiger partial charge on any atom is -0.493 e. The summed E-state index contributed by atoms with van der Waals surface area (Å²) in [5, 5.41) is 9.21. The highest BCUT2D eigenvalue weighted by atomic mass is 16.5. The molecule has 3 rings (SSSR count). The Morgan fingerprint density at radius 2 is 1.96 bits per heavy atom. The Kier molecular flexibility index (Phi) is 6.96. The van der Waals surface area contributed by atoms with Gasteiger partial charge in [-0.25, -0.2) is 4.79 Å². The van der Waals surface area contributed by atoms with Gasteiger partial charge in [-0.1, -0.05) is 25.0 Å². The van der Waals surface area contributed by atoms with Gasteiger partial charge in [-0.15, -0.1) is 0 Å². The Morgan fingerprint density at radius 3 is 2.67 bits per heavy atom. The molecule has 6 heteroatoms. The second-order valence-electron chi connectivity index (χ2n) is 7.65. The van der Waals surface area contributed by atoms with Crippen molar-refractivity contribution < 1.29 is 19.4 Å². The molecular weight excluding hydrogens is 344 g/mol. The van der Waals surface area contributed by atoms with E-state index in [0.29, 0.717) is 11.5 Å². The minimum absolute atomic E-state index is 0.548. The second kappa shape index (κ2) is 9.42. The van der Waals surface area contributed by atoms with Gasteiger partial charge in [0.15, 0.2) is 17.6 Å². The number of carboxylic acids is 1. The van der Waals surface area contributed by atoms with Crippen LogP contribution in [0.15, 0.2) is 18.2 Å². The van der Waals surface area contributed by atoms with Crippen molar-refractivity contribution in [1.82, 2.24) is 9.80 Å². The average molecular weight is 376 g/mol. The number of hydrogen-bond donors (Lipinski definition) is 1. The molecule has 0 spiro atoms. The number of ether oxygens (including phenoxy) is 2. The van der Waals surface area contributed by atoms with E-state index in [0.717, 1.165) is 37.8 Å². The molecule has 1 aliphatic heterocycles. The third-order valence-electron chi connectivity index (χ3n) is 5.78. The van der Waals surface area contributed by atoms with Crippen LogP contribution in [-0.2, 0) is 11.3 Å². The number of aliphatic carboxylic acids is 1. The molecule has 0 aromatic heterocycles. The summed E-state index contributed by atoms with van der Waals surface area (Å²) < 4.78 is 11.2. The van der Waals surface area contributed by atoms with Crippen molar-refractivity contribution in [3.63, 3.8) is 0 Å². The van der Waals surface area contributed by atoms with Crippen molar-refractivity contribution in [2.75, 3.05) is 33.3 Å². The molecule has 1 aromatic carbocycles. The van der Waals surface area contributed by atoms with Crippen molar-refractivity contribution in [1.29, 1.82) is 0 Å². The lowest BCUT2D eigenvalue weighted by atomic mass is 10.1. The summed E-state index contributed by atoms with van der Waals surface area (Å²) >= 11 is 0. The van der Waals surface area contributed by atoms with E-state index >= 15 is 0 Å². The van der Waals surface area contributed by atoms with Gasteiger partial charge in [0.1, 0.15) is 0 Å². The van der Waals surface area contributed by atoms with Crippen LogP contribution >= 0.6 is 0 Å². The van der Waals surface area contributed by atoms with Crippen molar-refractivity contribution in [2.45, 2.75) is 57.7 Å². The SMILES string of the molecule is COc1cccc(CN2CCCN(C3CCCC3)CC2)c1OC(C)C(=O)O. The van der Waals surface area contributed by atoms with Crippen LogP contribution in [-0.4, -0.2) is 66.3 Å². The van der Waals surface area contributed by atoms with E-state index in [4.69, 9.17) is 9.47 Å². The van der Waals surface area contributed by atoms with E-state index in [1.165, 1.54) is 38.6 Å². The van der Waals surface area contributed by atoms with Gasteiger partial charge in [0, 0.05) is 31.2 Å². The predicted molar refractivity (Wildman–Crippen MR) is 104 cm³/mol. The highest BCUT2D eigenvalue weighted by Crippen LogP contribution is 2.33. The highest BCUT2D eigenvalue weighted by molar-refractivity contribution is 5.72. The topological polar surface area (TPSA) is 62.2 Å². The maximum atomic E-state index is 11.2. The van der Waals surface area contributed by atoms with Gasteiger partial charge in [-0.05, 0) is 45.3 Å². The highest BCUT2D eigenvalue weighted by Gasteiger charge is 2.25. The van der Waals surface area contributed by atoms with Crippen molar-refractivity contribution >= 4 is 5.97 Å². The fourth-order valence-electron chi connectivity index (χ4n) is 4.23. The largest absolute Gasteiger partial charge is 0.493 e. The maximum Gasteiger partial charge on any atom is 0.344 e. The third-order valence-corrected chi connectivity index (χ3v) is 5.78. The summed E-state index contributed by atoms with van der Waals surface area (Å²) in [4.78, 5) is 16.3. The van der Waals surface area contributed by atoms with Crippen molar-refractivity contribution in [3.8, 4) is 11.5 Å². The van der Waals surface area contributed by atoms with Crippen LogP contribution in [0.3, 0.4) is 0 Å². The number of hydrogen-bond acceptors (Lipinski definition) is 5. The van der Waals surface area contributed by atoms with Crippen molar-refractivity contribution in [3.05, 3.63) is 23.8 Å². The Labute approximate surface area is 162 Å². The van der Waals surface area contributed by atoms with Crippen LogP contribution in [0, 0.1) is 0 Å². The molecular formula is C21H32N2O4. The average Bonchev–Trinajstić information content (AvgIpc) is 3.10. The van der Waals surface area contributed by atoms with Crippen LogP contribution < -0.4 is 9.47 Å². The van der Waals surface area contributed by atoms with E-state index in [1.807, 2.05) is 18.2 Å². The van der Waals surface area contributed by atoms with E-state index in [9.17, 15) is 9.90 Å². The maximum absolute atomic E-state index is 11.2. The Balaban J connectivity index is 1.68. The van der Waals surface area contributed by atoms with E-state index in [-0.39, 0.29) is 0 Å². The van der Waals surface area contributed by atoms with Gasteiger partial charge < -0.3 is 14.6 Å². The van der Waals surface area contributed by atoms with Crippen molar-refractivity contribution in [2.24, 2.45) is 0 Å². The number of carbonyl (C=O) groups is 1. The first-order valence-electron chi connectivity index (χ1n) is 10.1. The smallest absolute Gasteiger partial charge is 0.344 e. The van der Waals surface area contributed by atoms with Crippen LogP contribution in [0.2, 0.25) is 0 Å². The molecule has 0 amide bonds. The molecule has 1 heterocycles. The normalized spacial score (nSPS) is 21.0. The van der Waals surface area contributed by atoms with Gasteiger partial charge in [0.25, 0.3) is 0 Å². The molecule has 27 heavy (non-hydrogen) atoms. The van der Waals surface area contributed by atoms with E-state index in [1.54, 1.807) is 14.0 Å². The van der Waals surface area contributed by atoms with Gasteiger partial charge >= 0.3 is 5.97 Å². The van der Waals surface area contributed by atoms with Gasteiger partial charge in [-0.2, -0.15) is 0 Å². The zero-order valence-electron chi connectivity index (χ0n) is 16.5. The van der Waals surface area contributed by atoms with Crippen LogP contribution in [0.25, 0.3) is 0 Å². The molecule has 6 nitrogen and oxygen atoms in total. The second-order valence-corrected chi connectivity index (χ2v) is 7.65. The Bertz CT molecular complexity index is 631. The zero-order valence-corrected chi connectivity index (χ0v) is 16.5. The standard InChI is InChI=1S/C21H32N2O4/c1-16(21(24)25)27-20-17(7-5-10-19(20)26-2)15-22-11-6-12-23(14-13-22)18-8-3-4-9-18/h5,7,10,16,18H,3-4,6,8-9,11-15H2,1-2H3,(H,24,25). The summed E-state index contributed by atoms with van der Waals surface area (Å²) in [5.41, 5.74) is 0.983. The number of nitrogens with zero attached hydrogens (tertiary/aromatic N) is 2. The zero-order chi connectivity index (χ0) is 19.2. The third kappa shape index (κ3) is 5.14.